The zero-order valence-electron chi connectivity index (χ0n) is 13.8. The van der Waals surface area contributed by atoms with E-state index >= 15 is 0 Å². The van der Waals surface area contributed by atoms with Gasteiger partial charge in [0.05, 0.1) is 28.3 Å². The summed E-state index contributed by atoms with van der Waals surface area (Å²) in [6, 6.07) is 13.0. The summed E-state index contributed by atoms with van der Waals surface area (Å²) in [5.74, 6) is -0.375. The number of nitro benzene ring substituents is 1. The number of H-pyrrole nitrogens is 1. The van der Waals surface area contributed by atoms with Crippen LogP contribution in [0, 0.1) is 10.1 Å². The summed E-state index contributed by atoms with van der Waals surface area (Å²) in [5, 5.41) is 14.8. The van der Waals surface area contributed by atoms with E-state index in [0.29, 0.717) is 11.2 Å². The first kappa shape index (κ1) is 17.1. The van der Waals surface area contributed by atoms with Gasteiger partial charge in [0.25, 0.3) is 5.69 Å². The molecule has 0 aliphatic heterocycles. The topological polar surface area (TPSA) is 123 Å². The number of benzene rings is 2. The zero-order valence-corrected chi connectivity index (χ0v) is 13.8. The van der Waals surface area contributed by atoms with Crippen molar-refractivity contribution in [3.05, 3.63) is 64.5 Å². The minimum atomic E-state index is -0.638. The van der Waals surface area contributed by atoms with Crippen molar-refractivity contribution in [2.24, 2.45) is 5.10 Å². The number of nitrogens with zero attached hydrogens (tertiary/aromatic N) is 3. The van der Waals surface area contributed by atoms with E-state index in [2.05, 4.69) is 20.5 Å². The fourth-order valence-electron chi connectivity index (χ4n) is 2.24. The van der Waals surface area contributed by atoms with Crippen molar-refractivity contribution in [1.29, 1.82) is 0 Å². The summed E-state index contributed by atoms with van der Waals surface area (Å²) >= 11 is 0. The number of aromatic amines is 1. The first-order valence-corrected chi connectivity index (χ1v) is 7.79. The number of ether oxygens (including phenoxy) is 1. The molecular weight excluding hydrogens is 338 g/mol. The predicted molar refractivity (Wildman–Crippen MR) is 96.0 cm³/mol. The van der Waals surface area contributed by atoms with Gasteiger partial charge in [0, 0.05) is 12.1 Å². The highest BCUT2D eigenvalue weighted by molar-refractivity contribution is 6.42. The minimum Gasteiger partial charge on any atom is -0.461 e. The summed E-state index contributed by atoms with van der Waals surface area (Å²) in [4.78, 5) is 29.8. The number of carbonyl (C=O) groups excluding carboxylic acids is 1. The molecule has 9 heteroatoms. The van der Waals surface area contributed by atoms with Gasteiger partial charge >= 0.3 is 5.97 Å². The number of non-ortho nitro benzene ring substituents is 1. The molecule has 132 valence electrons. The van der Waals surface area contributed by atoms with Crippen LogP contribution < -0.4 is 5.43 Å². The molecule has 0 amide bonds. The smallest absolute Gasteiger partial charge is 0.362 e. The molecule has 26 heavy (non-hydrogen) atoms. The standard InChI is InChI=1S/C17H15N5O4/c1-2-26-17(23)15(16-18-13-5-3-4-6-14(13)19-16)21-20-11-7-9-12(10-8-11)22(24)25/h3-10,20H,2H2,1H3,(H,18,19)/b21-15-. The van der Waals surface area contributed by atoms with Crippen LogP contribution in [0.15, 0.2) is 53.6 Å². The van der Waals surface area contributed by atoms with Crippen molar-refractivity contribution >= 4 is 34.1 Å². The van der Waals surface area contributed by atoms with E-state index in [1.54, 1.807) is 6.92 Å². The van der Waals surface area contributed by atoms with Gasteiger partial charge in [-0.15, -0.1) is 0 Å². The monoisotopic (exact) mass is 353 g/mol. The van der Waals surface area contributed by atoms with Crippen molar-refractivity contribution in [1.82, 2.24) is 9.97 Å². The number of rotatable bonds is 6. The Kier molecular flexibility index (Phi) is 4.88. The number of aromatic nitrogens is 2. The highest BCUT2D eigenvalue weighted by Gasteiger charge is 2.20. The number of nitro groups is 1. The number of nitrogens with one attached hydrogen (secondary N) is 2. The van der Waals surface area contributed by atoms with Crippen molar-refractivity contribution in [2.45, 2.75) is 6.92 Å². The highest BCUT2D eigenvalue weighted by Crippen LogP contribution is 2.16. The van der Waals surface area contributed by atoms with Crippen molar-refractivity contribution in [3.8, 4) is 0 Å². The third kappa shape index (κ3) is 3.66. The van der Waals surface area contributed by atoms with Crippen LogP contribution in [-0.2, 0) is 9.53 Å². The molecule has 2 N–H and O–H groups in total. The molecule has 9 nitrogen and oxygen atoms in total. The van der Waals surface area contributed by atoms with Gasteiger partial charge in [-0.1, -0.05) is 12.1 Å². The van der Waals surface area contributed by atoms with Gasteiger partial charge in [0.1, 0.15) is 0 Å². The fraction of sp³-hybridized carbons (Fsp3) is 0.118. The molecule has 0 atom stereocenters. The van der Waals surface area contributed by atoms with Crippen LogP contribution in [0.5, 0.6) is 0 Å². The second-order valence-electron chi connectivity index (χ2n) is 5.20. The van der Waals surface area contributed by atoms with Gasteiger partial charge in [-0.25, -0.2) is 9.78 Å². The van der Waals surface area contributed by atoms with Gasteiger partial charge in [0.15, 0.2) is 5.82 Å². The minimum absolute atomic E-state index is 0.0265. The Bertz CT molecular complexity index is 945. The second kappa shape index (κ2) is 7.43. The Morgan fingerprint density at radius 1 is 1.27 bits per heavy atom. The Balaban J connectivity index is 1.91. The number of carbonyl (C=O) groups is 1. The summed E-state index contributed by atoms with van der Waals surface area (Å²) in [7, 11) is 0. The summed E-state index contributed by atoms with van der Waals surface area (Å²) in [6.07, 6.45) is 0. The number of hydrogen-bond donors (Lipinski definition) is 2. The fourth-order valence-corrected chi connectivity index (χ4v) is 2.24. The molecule has 0 saturated heterocycles. The van der Waals surface area contributed by atoms with E-state index in [4.69, 9.17) is 4.74 Å². The van der Waals surface area contributed by atoms with E-state index < -0.39 is 10.9 Å². The molecular formula is C17H15N5O4. The van der Waals surface area contributed by atoms with E-state index in [-0.39, 0.29) is 23.8 Å². The molecule has 3 aromatic rings. The Morgan fingerprint density at radius 2 is 2.00 bits per heavy atom. The number of anilines is 1. The molecule has 0 bridgehead atoms. The van der Waals surface area contributed by atoms with Crippen LogP contribution in [0.4, 0.5) is 11.4 Å². The van der Waals surface area contributed by atoms with Gasteiger partial charge in [0.2, 0.25) is 5.71 Å². The van der Waals surface area contributed by atoms with Crippen LogP contribution in [0.3, 0.4) is 0 Å². The Labute approximate surface area is 147 Å². The SMILES string of the molecule is CCOC(=O)/C(=N\Nc1ccc([N+](=O)[O-])cc1)c1nc2ccccc2[nH]1. The average molecular weight is 353 g/mol. The van der Waals surface area contributed by atoms with Crippen LogP contribution in [0.2, 0.25) is 0 Å². The molecule has 0 radical (unpaired) electrons. The molecule has 0 spiro atoms. The normalized spacial score (nSPS) is 11.3. The lowest BCUT2D eigenvalue weighted by molar-refractivity contribution is -0.384. The number of imidazole rings is 1. The Hall–Kier alpha value is -3.75. The van der Waals surface area contributed by atoms with Crippen LogP contribution in [-0.4, -0.2) is 33.2 Å². The van der Waals surface area contributed by atoms with E-state index in [1.807, 2.05) is 24.3 Å². The summed E-state index contributed by atoms with van der Waals surface area (Å²) in [6.45, 7) is 1.88. The van der Waals surface area contributed by atoms with E-state index in [9.17, 15) is 14.9 Å². The highest BCUT2D eigenvalue weighted by atomic mass is 16.6. The zero-order chi connectivity index (χ0) is 18.5. The van der Waals surface area contributed by atoms with Gasteiger partial charge in [-0.05, 0) is 31.2 Å². The maximum Gasteiger partial charge on any atom is 0.362 e. The molecule has 2 aromatic carbocycles. The second-order valence-corrected chi connectivity index (χ2v) is 5.20. The largest absolute Gasteiger partial charge is 0.461 e. The Morgan fingerprint density at radius 3 is 2.65 bits per heavy atom. The van der Waals surface area contributed by atoms with Crippen molar-refractivity contribution in [3.63, 3.8) is 0 Å². The average Bonchev–Trinajstić information content (AvgIpc) is 3.06. The van der Waals surface area contributed by atoms with Crippen molar-refractivity contribution in [2.75, 3.05) is 12.0 Å². The number of hydrazone groups is 1. The number of para-hydroxylation sites is 2. The van der Waals surface area contributed by atoms with Gasteiger partial charge in [-0.2, -0.15) is 5.10 Å². The number of hydrogen-bond acceptors (Lipinski definition) is 7. The molecule has 3 rings (SSSR count). The molecule has 1 aromatic heterocycles. The van der Waals surface area contributed by atoms with Crippen LogP contribution in [0.1, 0.15) is 12.7 Å². The van der Waals surface area contributed by atoms with Gasteiger partial charge < -0.3 is 9.72 Å². The van der Waals surface area contributed by atoms with Gasteiger partial charge in [-0.3, -0.25) is 15.5 Å². The first-order valence-electron chi connectivity index (χ1n) is 7.79. The quantitative estimate of drug-likeness (QED) is 0.304. The number of fused-ring (bicyclic) bond motifs is 1. The lowest BCUT2D eigenvalue weighted by Crippen LogP contribution is -2.21. The lowest BCUT2D eigenvalue weighted by Gasteiger charge is -2.05. The predicted octanol–water partition coefficient (Wildman–Crippen LogP) is 2.85. The maximum absolute atomic E-state index is 12.2. The number of esters is 1. The van der Waals surface area contributed by atoms with E-state index in [1.165, 1.54) is 24.3 Å². The van der Waals surface area contributed by atoms with Crippen LogP contribution >= 0.6 is 0 Å². The molecule has 0 aliphatic rings. The maximum atomic E-state index is 12.2. The third-order valence-electron chi connectivity index (χ3n) is 3.46. The molecule has 1 heterocycles. The summed E-state index contributed by atoms with van der Waals surface area (Å²) in [5.41, 5.74) is 4.56. The molecule has 0 unspecified atom stereocenters. The van der Waals surface area contributed by atoms with Crippen molar-refractivity contribution < 1.29 is 14.5 Å². The third-order valence-corrected chi connectivity index (χ3v) is 3.46. The lowest BCUT2D eigenvalue weighted by atomic mass is 10.3. The van der Waals surface area contributed by atoms with E-state index in [0.717, 1.165) is 5.52 Å². The van der Waals surface area contributed by atoms with Crippen LogP contribution in [0.25, 0.3) is 11.0 Å². The molecule has 0 saturated carbocycles. The summed E-state index contributed by atoms with van der Waals surface area (Å²) < 4.78 is 5.03. The molecule has 0 aliphatic carbocycles. The molecule has 0 fully saturated rings. The first-order chi connectivity index (χ1) is 12.6.